The monoisotopic (exact) mass is 292 g/mol. The molecule has 18 heavy (non-hydrogen) atoms. The summed E-state index contributed by atoms with van der Waals surface area (Å²) < 4.78 is 67.0. The van der Waals surface area contributed by atoms with E-state index < -0.39 is 32.6 Å². The van der Waals surface area contributed by atoms with Crippen LogP contribution in [0.25, 0.3) is 0 Å². The Morgan fingerprint density at radius 2 is 1.44 bits per heavy atom. The molecule has 0 bridgehead atoms. The third-order valence-corrected chi connectivity index (χ3v) is 4.01. The van der Waals surface area contributed by atoms with Crippen LogP contribution >= 0.6 is 0 Å². The van der Waals surface area contributed by atoms with E-state index in [1.807, 2.05) is 0 Å². The third kappa shape index (κ3) is 3.14. The van der Waals surface area contributed by atoms with Crippen LogP contribution in [-0.2, 0) is 23.8 Å². The average Bonchev–Trinajstić information content (AvgIpc) is 2.12. The summed E-state index contributed by atoms with van der Waals surface area (Å²) >= 11 is 0. The summed E-state index contributed by atoms with van der Waals surface area (Å²) in [6.45, 7) is 4.58. The zero-order chi connectivity index (χ0) is 15.0. The van der Waals surface area contributed by atoms with E-state index in [2.05, 4.69) is 8.92 Å². The number of ether oxygens (including phenoxy) is 1. The fourth-order valence-electron chi connectivity index (χ4n) is 0.927. The maximum absolute atomic E-state index is 12.2. The smallest absolute Gasteiger partial charge is 0.469 e. The summed E-state index contributed by atoms with van der Waals surface area (Å²) in [6, 6.07) is 0. The van der Waals surface area contributed by atoms with Crippen molar-refractivity contribution in [1.82, 2.24) is 0 Å². The molecule has 0 aliphatic carbocycles. The van der Waals surface area contributed by atoms with Gasteiger partial charge in [-0.1, -0.05) is 0 Å². The molecule has 0 unspecified atom stereocenters. The van der Waals surface area contributed by atoms with Crippen LogP contribution < -0.4 is 0 Å². The average molecular weight is 292 g/mol. The Morgan fingerprint density at radius 1 is 1.06 bits per heavy atom. The molecule has 0 aliphatic heterocycles. The maximum Gasteiger partial charge on any atom is 0.523 e. The molecular weight excluding hydrogens is 277 g/mol. The lowest BCUT2D eigenvalue weighted by atomic mass is 9.77. The fraction of sp³-hybridized carbons (Fsp3) is 0.889. The van der Waals surface area contributed by atoms with Gasteiger partial charge in [0, 0.05) is 0 Å². The lowest BCUT2D eigenvalue weighted by Gasteiger charge is -2.37. The van der Waals surface area contributed by atoms with E-state index in [4.69, 9.17) is 0 Å². The summed E-state index contributed by atoms with van der Waals surface area (Å²) in [4.78, 5) is 11.4. The van der Waals surface area contributed by atoms with Crippen molar-refractivity contribution in [3.05, 3.63) is 0 Å². The quantitative estimate of drug-likeness (QED) is 0.449. The number of carbonyl (C=O) groups is 1. The standard InChI is InChI=1S/C9H15F3O5S/c1-7(2,6(13)16-5)8(3,4)17-18(14,15)9(10,11)12/h1-5H3. The zero-order valence-electron chi connectivity index (χ0n) is 10.6. The molecular formula is C9H15F3O5S. The van der Waals surface area contributed by atoms with Crippen LogP contribution in [0.5, 0.6) is 0 Å². The van der Waals surface area contributed by atoms with Gasteiger partial charge in [0.05, 0.1) is 18.1 Å². The van der Waals surface area contributed by atoms with Crippen molar-refractivity contribution < 1.29 is 35.3 Å². The van der Waals surface area contributed by atoms with E-state index in [0.717, 1.165) is 21.0 Å². The van der Waals surface area contributed by atoms with Crippen molar-refractivity contribution in [2.75, 3.05) is 7.11 Å². The first-order valence-corrected chi connectivity index (χ1v) is 6.20. The lowest BCUT2D eigenvalue weighted by Crippen LogP contribution is -2.50. The normalized spacial score (nSPS) is 14.4. The molecule has 0 atom stereocenters. The number of carbonyl (C=O) groups excluding carboxylic acids is 1. The minimum atomic E-state index is -5.79. The van der Waals surface area contributed by atoms with Gasteiger partial charge in [-0.3, -0.25) is 8.98 Å². The van der Waals surface area contributed by atoms with Gasteiger partial charge in [0.15, 0.2) is 0 Å². The molecule has 9 heteroatoms. The maximum atomic E-state index is 12.2. The Labute approximate surface area is 103 Å². The van der Waals surface area contributed by atoms with Gasteiger partial charge in [-0.15, -0.1) is 0 Å². The molecule has 0 saturated heterocycles. The highest BCUT2D eigenvalue weighted by Crippen LogP contribution is 2.39. The number of halogens is 3. The summed E-state index contributed by atoms with van der Waals surface area (Å²) in [7, 11) is -4.75. The van der Waals surface area contributed by atoms with Crippen molar-refractivity contribution in [3.8, 4) is 0 Å². The molecule has 5 nitrogen and oxygen atoms in total. The second-order valence-corrected chi connectivity index (χ2v) is 6.15. The molecule has 0 rings (SSSR count). The van der Waals surface area contributed by atoms with Crippen LogP contribution in [0.15, 0.2) is 0 Å². The lowest BCUT2D eigenvalue weighted by molar-refractivity contribution is -0.163. The first kappa shape index (κ1) is 17.2. The Kier molecular flexibility index (Phi) is 4.47. The van der Waals surface area contributed by atoms with Crippen LogP contribution in [0.3, 0.4) is 0 Å². The zero-order valence-corrected chi connectivity index (χ0v) is 11.4. The topological polar surface area (TPSA) is 69.7 Å². The summed E-state index contributed by atoms with van der Waals surface area (Å²) in [5, 5.41) is 0. The molecule has 0 aliphatic rings. The largest absolute Gasteiger partial charge is 0.523 e. The number of hydrogen-bond donors (Lipinski definition) is 0. The first-order valence-electron chi connectivity index (χ1n) is 4.79. The Balaban J connectivity index is 5.39. The van der Waals surface area contributed by atoms with E-state index in [1.165, 1.54) is 13.8 Å². The molecule has 0 radical (unpaired) electrons. The first-order chi connectivity index (χ1) is 7.69. The molecule has 0 spiro atoms. The molecule has 0 saturated carbocycles. The minimum Gasteiger partial charge on any atom is -0.469 e. The second kappa shape index (κ2) is 4.69. The van der Waals surface area contributed by atoms with Crippen molar-refractivity contribution in [3.63, 3.8) is 0 Å². The van der Waals surface area contributed by atoms with Crippen LogP contribution in [0.2, 0.25) is 0 Å². The van der Waals surface area contributed by atoms with Gasteiger partial charge >= 0.3 is 21.6 Å². The van der Waals surface area contributed by atoms with Crippen LogP contribution in [0.1, 0.15) is 27.7 Å². The molecule has 108 valence electrons. The van der Waals surface area contributed by atoms with Crippen LogP contribution in [0, 0.1) is 5.41 Å². The molecule has 0 aromatic carbocycles. The van der Waals surface area contributed by atoms with E-state index in [-0.39, 0.29) is 0 Å². The Bertz CT molecular complexity index is 422. The SMILES string of the molecule is COC(=O)C(C)(C)C(C)(C)OS(=O)(=O)C(F)(F)F. The molecule has 0 N–H and O–H groups in total. The predicted octanol–water partition coefficient (Wildman–Crippen LogP) is 1.83. The number of alkyl halides is 3. The number of rotatable bonds is 4. The molecule has 0 aromatic rings. The fourth-order valence-corrected chi connectivity index (χ4v) is 1.78. The summed E-state index contributed by atoms with van der Waals surface area (Å²) in [5.74, 6) is -0.884. The third-order valence-electron chi connectivity index (χ3n) is 2.80. The van der Waals surface area contributed by atoms with Crippen molar-refractivity contribution in [2.45, 2.75) is 38.8 Å². The van der Waals surface area contributed by atoms with Crippen molar-refractivity contribution in [1.29, 1.82) is 0 Å². The molecule has 0 heterocycles. The second-order valence-electron chi connectivity index (χ2n) is 4.61. The van der Waals surface area contributed by atoms with Gasteiger partial charge in [0.2, 0.25) is 0 Å². The van der Waals surface area contributed by atoms with Gasteiger partial charge in [-0.25, -0.2) is 0 Å². The van der Waals surface area contributed by atoms with Gasteiger partial charge in [-0.05, 0) is 27.7 Å². The van der Waals surface area contributed by atoms with E-state index in [0.29, 0.717) is 0 Å². The summed E-state index contributed by atoms with van der Waals surface area (Å²) in [5.41, 5.74) is -9.05. The van der Waals surface area contributed by atoms with Crippen molar-refractivity contribution in [2.24, 2.45) is 5.41 Å². The number of esters is 1. The van der Waals surface area contributed by atoms with Crippen LogP contribution in [0.4, 0.5) is 13.2 Å². The summed E-state index contributed by atoms with van der Waals surface area (Å²) in [6.07, 6.45) is 0. The molecule has 0 amide bonds. The Morgan fingerprint density at radius 3 is 1.72 bits per heavy atom. The number of hydrogen-bond acceptors (Lipinski definition) is 5. The predicted molar refractivity (Wildman–Crippen MR) is 55.9 cm³/mol. The van der Waals surface area contributed by atoms with E-state index in [1.54, 1.807) is 0 Å². The number of methoxy groups -OCH3 is 1. The highest BCUT2D eigenvalue weighted by molar-refractivity contribution is 7.87. The van der Waals surface area contributed by atoms with Gasteiger partial charge < -0.3 is 4.74 Å². The highest BCUT2D eigenvalue weighted by atomic mass is 32.2. The molecule has 0 aromatic heterocycles. The van der Waals surface area contributed by atoms with Crippen molar-refractivity contribution >= 4 is 16.1 Å². The van der Waals surface area contributed by atoms with Gasteiger partial charge in [0.1, 0.15) is 0 Å². The Hall–Kier alpha value is -0.830. The van der Waals surface area contributed by atoms with Gasteiger partial charge in [0.25, 0.3) is 0 Å². The highest BCUT2D eigenvalue weighted by Gasteiger charge is 2.55. The van der Waals surface area contributed by atoms with Gasteiger partial charge in [-0.2, -0.15) is 21.6 Å². The molecule has 0 fully saturated rings. The van der Waals surface area contributed by atoms with E-state index in [9.17, 15) is 26.4 Å². The van der Waals surface area contributed by atoms with E-state index >= 15 is 0 Å². The van der Waals surface area contributed by atoms with Crippen LogP contribution in [-0.4, -0.2) is 32.6 Å². The minimum absolute atomic E-state index is 0.884.